The number of benzene rings is 1. The molecule has 0 aliphatic rings. The monoisotopic (exact) mass is 269 g/mol. The summed E-state index contributed by atoms with van der Waals surface area (Å²) in [6.45, 7) is 2.26. The van der Waals surface area contributed by atoms with E-state index in [2.05, 4.69) is 4.98 Å². The standard InChI is InChI=1S/C15H12FN3O/c1-2-19(13-6-4-12(16)5-7-13)15(20)14-8-3-11(9-17)10-18-14/h3-8,10H,2H2,1H3. The molecule has 0 N–H and O–H groups in total. The molecule has 4 nitrogen and oxygen atoms in total. The van der Waals surface area contributed by atoms with Crippen molar-refractivity contribution in [2.75, 3.05) is 11.4 Å². The van der Waals surface area contributed by atoms with Gasteiger partial charge in [0.05, 0.1) is 5.56 Å². The molecule has 2 rings (SSSR count). The van der Waals surface area contributed by atoms with Crippen molar-refractivity contribution in [3.63, 3.8) is 0 Å². The number of rotatable bonds is 3. The van der Waals surface area contributed by atoms with Crippen LogP contribution in [0.15, 0.2) is 42.6 Å². The second kappa shape index (κ2) is 5.93. The molecule has 2 aromatic rings. The van der Waals surface area contributed by atoms with Crippen LogP contribution in [0.1, 0.15) is 23.0 Å². The quantitative estimate of drug-likeness (QED) is 0.860. The second-order valence-corrected chi connectivity index (χ2v) is 4.07. The maximum Gasteiger partial charge on any atom is 0.276 e. The summed E-state index contributed by atoms with van der Waals surface area (Å²) in [6.07, 6.45) is 1.35. The summed E-state index contributed by atoms with van der Waals surface area (Å²) in [5.74, 6) is -0.641. The summed E-state index contributed by atoms with van der Waals surface area (Å²) in [5, 5.41) is 8.71. The number of halogens is 1. The Labute approximate surface area is 116 Å². The van der Waals surface area contributed by atoms with Crippen LogP contribution in [0.2, 0.25) is 0 Å². The third kappa shape index (κ3) is 2.81. The minimum Gasteiger partial charge on any atom is -0.307 e. The van der Waals surface area contributed by atoms with E-state index in [1.807, 2.05) is 13.0 Å². The fourth-order valence-electron chi connectivity index (χ4n) is 1.79. The molecule has 0 saturated carbocycles. The average Bonchev–Trinajstić information content (AvgIpc) is 2.50. The molecule has 100 valence electrons. The van der Waals surface area contributed by atoms with Gasteiger partial charge in [-0.05, 0) is 43.3 Å². The van der Waals surface area contributed by atoms with Gasteiger partial charge in [-0.1, -0.05) is 0 Å². The van der Waals surface area contributed by atoms with Crippen LogP contribution in [-0.2, 0) is 0 Å². The van der Waals surface area contributed by atoms with Crippen molar-refractivity contribution >= 4 is 11.6 Å². The number of carbonyl (C=O) groups is 1. The van der Waals surface area contributed by atoms with E-state index in [9.17, 15) is 9.18 Å². The third-order valence-corrected chi connectivity index (χ3v) is 2.81. The number of amides is 1. The first-order valence-corrected chi connectivity index (χ1v) is 6.09. The van der Waals surface area contributed by atoms with Crippen LogP contribution in [0.5, 0.6) is 0 Å². The SMILES string of the molecule is CCN(C(=O)c1ccc(C#N)cn1)c1ccc(F)cc1. The molecule has 1 aromatic carbocycles. The number of carbonyl (C=O) groups excluding carboxylic acids is 1. The molecule has 0 radical (unpaired) electrons. The fourth-order valence-corrected chi connectivity index (χ4v) is 1.79. The van der Waals surface area contributed by atoms with Crippen molar-refractivity contribution in [3.05, 3.63) is 59.7 Å². The first kappa shape index (κ1) is 13.7. The molecule has 20 heavy (non-hydrogen) atoms. The zero-order valence-corrected chi connectivity index (χ0v) is 10.9. The fraction of sp³-hybridized carbons (Fsp3) is 0.133. The number of anilines is 1. The molecule has 5 heteroatoms. The second-order valence-electron chi connectivity index (χ2n) is 4.07. The lowest BCUT2D eigenvalue weighted by Crippen LogP contribution is -2.31. The van der Waals surface area contributed by atoms with Crippen molar-refractivity contribution in [2.24, 2.45) is 0 Å². The van der Waals surface area contributed by atoms with Gasteiger partial charge in [0.2, 0.25) is 0 Å². The van der Waals surface area contributed by atoms with Gasteiger partial charge >= 0.3 is 0 Å². The number of pyridine rings is 1. The highest BCUT2D eigenvalue weighted by Crippen LogP contribution is 2.17. The molecule has 0 bridgehead atoms. The van der Waals surface area contributed by atoms with Crippen LogP contribution in [-0.4, -0.2) is 17.4 Å². The minimum absolute atomic E-state index is 0.246. The van der Waals surface area contributed by atoms with Gasteiger partial charge in [-0.2, -0.15) is 5.26 Å². The number of nitrogens with zero attached hydrogens (tertiary/aromatic N) is 3. The number of nitriles is 1. The Kier molecular flexibility index (Phi) is 4.06. The van der Waals surface area contributed by atoms with Crippen molar-refractivity contribution in [1.29, 1.82) is 5.26 Å². The van der Waals surface area contributed by atoms with Gasteiger partial charge in [0.15, 0.2) is 0 Å². The molecule has 0 fully saturated rings. The first-order chi connectivity index (χ1) is 9.65. The molecule has 0 atom stereocenters. The van der Waals surface area contributed by atoms with Crippen LogP contribution in [0, 0.1) is 17.1 Å². The largest absolute Gasteiger partial charge is 0.307 e. The summed E-state index contributed by atoms with van der Waals surface area (Å²) in [7, 11) is 0. The van der Waals surface area contributed by atoms with E-state index < -0.39 is 0 Å². The van der Waals surface area contributed by atoms with E-state index in [0.717, 1.165) is 0 Å². The molecule has 1 amide bonds. The zero-order chi connectivity index (χ0) is 14.5. The Bertz CT molecular complexity index is 644. The zero-order valence-electron chi connectivity index (χ0n) is 10.9. The smallest absolute Gasteiger partial charge is 0.276 e. The molecule has 0 aliphatic heterocycles. The predicted octanol–water partition coefficient (Wildman–Crippen LogP) is 2.76. The maximum atomic E-state index is 12.9. The number of aromatic nitrogens is 1. The van der Waals surface area contributed by atoms with Crippen molar-refractivity contribution < 1.29 is 9.18 Å². The van der Waals surface area contributed by atoms with Gasteiger partial charge in [-0.15, -0.1) is 0 Å². The first-order valence-electron chi connectivity index (χ1n) is 6.09. The lowest BCUT2D eigenvalue weighted by molar-refractivity contribution is 0.0983. The van der Waals surface area contributed by atoms with Gasteiger partial charge in [0.1, 0.15) is 17.6 Å². The third-order valence-electron chi connectivity index (χ3n) is 2.81. The molecule has 0 unspecified atom stereocenters. The minimum atomic E-state index is -0.353. The van der Waals surface area contributed by atoms with E-state index in [1.165, 1.54) is 29.3 Å². The summed E-state index contributed by atoms with van der Waals surface area (Å²) in [4.78, 5) is 17.8. The summed E-state index contributed by atoms with van der Waals surface area (Å²) < 4.78 is 12.9. The summed E-state index contributed by atoms with van der Waals surface area (Å²) in [5.41, 5.74) is 1.24. The highest BCUT2D eigenvalue weighted by Gasteiger charge is 2.17. The molecule has 1 aromatic heterocycles. The van der Waals surface area contributed by atoms with Crippen LogP contribution in [0.3, 0.4) is 0 Å². The van der Waals surface area contributed by atoms with Crippen LogP contribution in [0.4, 0.5) is 10.1 Å². The van der Waals surface area contributed by atoms with E-state index in [4.69, 9.17) is 5.26 Å². The molecule has 0 spiro atoms. The van der Waals surface area contributed by atoms with Gasteiger partial charge in [-0.3, -0.25) is 4.79 Å². The molecule has 0 saturated heterocycles. The van der Waals surface area contributed by atoms with Crippen LogP contribution >= 0.6 is 0 Å². The van der Waals surface area contributed by atoms with E-state index in [1.54, 1.807) is 18.2 Å². The number of hydrogen-bond donors (Lipinski definition) is 0. The Balaban J connectivity index is 2.28. The van der Waals surface area contributed by atoms with Crippen molar-refractivity contribution in [1.82, 2.24) is 4.98 Å². The molecular formula is C15H12FN3O. The average molecular weight is 269 g/mol. The Morgan fingerprint density at radius 2 is 2.00 bits per heavy atom. The molecular weight excluding hydrogens is 257 g/mol. The molecule has 0 aliphatic carbocycles. The predicted molar refractivity (Wildman–Crippen MR) is 72.7 cm³/mol. The molecule has 1 heterocycles. The summed E-state index contributed by atoms with van der Waals surface area (Å²) >= 11 is 0. The maximum absolute atomic E-state index is 12.9. The van der Waals surface area contributed by atoms with E-state index in [0.29, 0.717) is 17.8 Å². The van der Waals surface area contributed by atoms with Crippen LogP contribution in [0.25, 0.3) is 0 Å². The lowest BCUT2D eigenvalue weighted by Gasteiger charge is -2.20. The Morgan fingerprint density at radius 3 is 2.50 bits per heavy atom. The van der Waals surface area contributed by atoms with Gasteiger partial charge in [-0.25, -0.2) is 9.37 Å². The van der Waals surface area contributed by atoms with Crippen molar-refractivity contribution in [2.45, 2.75) is 6.92 Å². The van der Waals surface area contributed by atoms with Crippen molar-refractivity contribution in [3.8, 4) is 6.07 Å². The topological polar surface area (TPSA) is 57.0 Å². The Hall–Kier alpha value is -2.74. The normalized spacial score (nSPS) is 9.85. The highest BCUT2D eigenvalue weighted by molar-refractivity contribution is 6.04. The summed E-state index contributed by atoms with van der Waals surface area (Å²) in [6, 6.07) is 10.7. The van der Waals surface area contributed by atoms with Crippen LogP contribution < -0.4 is 4.90 Å². The van der Waals surface area contributed by atoms with Gasteiger partial charge in [0, 0.05) is 18.4 Å². The van der Waals surface area contributed by atoms with Gasteiger partial charge < -0.3 is 4.90 Å². The van der Waals surface area contributed by atoms with E-state index >= 15 is 0 Å². The Morgan fingerprint density at radius 1 is 1.30 bits per heavy atom. The number of hydrogen-bond acceptors (Lipinski definition) is 3. The lowest BCUT2D eigenvalue weighted by atomic mass is 10.2. The van der Waals surface area contributed by atoms with E-state index in [-0.39, 0.29) is 17.4 Å². The van der Waals surface area contributed by atoms with Gasteiger partial charge in [0.25, 0.3) is 5.91 Å². The highest BCUT2D eigenvalue weighted by atomic mass is 19.1.